The first-order chi connectivity index (χ1) is 18.1. The van der Waals surface area contributed by atoms with E-state index in [-0.39, 0.29) is 28.0 Å². The fraction of sp³-hybridized carbons (Fsp3) is 0.0500. The van der Waals surface area contributed by atoms with E-state index >= 15 is 0 Å². The summed E-state index contributed by atoms with van der Waals surface area (Å²) < 4.78 is 44.5. The van der Waals surface area contributed by atoms with Gasteiger partial charge in [-0.05, 0) is 71.9 Å². The van der Waals surface area contributed by atoms with E-state index in [1.807, 2.05) is 6.92 Å². The zero-order chi connectivity index (χ0) is 27.4. The second-order valence-corrected chi connectivity index (χ2v) is 9.76. The van der Waals surface area contributed by atoms with Gasteiger partial charge in [-0.3, -0.25) is 4.55 Å². The minimum absolute atomic E-state index is 0.0445. The van der Waals surface area contributed by atoms with E-state index in [0.717, 1.165) is 23.7 Å². The van der Waals surface area contributed by atoms with Gasteiger partial charge in [0.1, 0.15) is 10.6 Å². The van der Waals surface area contributed by atoms with Gasteiger partial charge in [0.15, 0.2) is 5.75 Å². The van der Waals surface area contributed by atoms with Crippen LogP contribution in [0.2, 0.25) is 6.70 Å². The van der Waals surface area contributed by atoms with E-state index in [1.165, 1.54) is 12.1 Å². The normalized spacial score (nSPS) is 12.2. The zero-order valence-electron chi connectivity index (χ0n) is 19.4. The number of nitrogens with one attached hydrogen (secondary N) is 3. The van der Waals surface area contributed by atoms with Crippen molar-refractivity contribution in [3.63, 3.8) is 0 Å². The molecule has 14 nitrogen and oxygen atoms in total. The molecule has 0 spiro atoms. The Kier molecular flexibility index (Phi) is 7.28. The van der Waals surface area contributed by atoms with E-state index in [4.69, 9.17) is 18.3 Å². The second-order valence-electron chi connectivity index (χ2n) is 7.29. The molecule has 0 radical (unpaired) electrons. The number of phenols is 1. The first kappa shape index (κ1) is 25.0. The van der Waals surface area contributed by atoms with Gasteiger partial charge in [-0.1, -0.05) is 5.04 Å². The van der Waals surface area contributed by atoms with Crippen molar-refractivity contribution in [2.24, 2.45) is 5.11 Å². The predicted octanol–water partition coefficient (Wildman–Crippen LogP) is 5.52. The number of nitrogens with zero attached hydrogens (tertiary/aromatic N) is 4. The number of hydrogen-bond acceptors (Lipinski definition) is 14. The average molecular weight is 567 g/mol. The van der Waals surface area contributed by atoms with Crippen LogP contribution in [0.5, 0.6) is 5.75 Å². The Labute approximate surface area is 219 Å². The molecule has 192 valence electrons. The Morgan fingerprint density at radius 1 is 1.11 bits per heavy atom. The maximum Gasteiger partial charge on any atom is 0.296 e. The van der Waals surface area contributed by atoms with Gasteiger partial charge in [-0.15, -0.1) is 4.33 Å². The Bertz CT molecular complexity index is 1660. The molecule has 0 saturated heterocycles. The minimum atomic E-state index is -4.79. The summed E-state index contributed by atoms with van der Waals surface area (Å²) >= 11 is 6.89. The summed E-state index contributed by atoms with van der Waals surface area (Å²) in [5.41, 5.74) is 3.98. The first-order valence-electron chi connectivity index (χ1n) is 10.4. The SMILES string of the molecule is [2H]N=Nc1c(S(=O)(=O)O)cc2cc(Nc3nc(Cl)nc(Nc4ccc(SOOO)c(C)c4)n3)ccc2c1O. The molecule has 4 aromatic rings. The molecule has 3 aromatic carbocycles. The molecule has 0 aliphatic carbocycles. The van der Waals surface area contributed by atoms with Crippen molar-refractivity contribution in [2.45, 2.75) is 16.7 Å². The molecule has 37 heavy (non-hydrogen) atoms. The van der Waals surface area contributed by atoms with E-state index in [2.05, 4.69) is 45.6 Å². The summed E-state index contributed by atoms with van der Waals surface area (Å²) in [6.45, 7) is 1.81. The molecular weight excluding hydrogens is 550 g/mol. The molecule has 0 aliphatic rings. The number of anilines is 4. The molecule has 0 saturated carbocycles. The molecule has 6 N–H and O–H groups in total. The van der Waals surface area contributed by atoms with Gasteiger partial charge in [-0.2, -0.15) is 28.5 Å². The minimum Gasteiger partial charge on any atom is -0.505 e. The van der Waals surface area contributed by atoms with E-state index in [9.17, 15) is 18.1 Å². The Hall–Kier alpha value is -3.64. The van der Waals surface area contributed by atoms with Crippen LogP contribution < -0.4 is 10.6 Å². The average Bonchev–Trinajstić information content (AvgIpc) is 2.84. The number of aryl methyl sites for hydroxylation is 1. The lowest BCUT2D eigenvalue weighted by Gasteiger charge is -2.12. The van der Waals surface area contributed by atoms with Gasteiger partial charge in [-0.25, -0.2) is 10.8 Å². The van der Waals surface area contributed by atoms with Crippen molar-refractivity contribution in [2.75, 3.05) is 10.6 Å². The quantitative estimate of drug-likeness (QED) is 0.0484. The third-order valence-electron chi connectivity index (χ3n) is 4.88. The largest absolute Gasteiger partial charge is 0.505 e. The number of phenolic OH excluding ortho intramolecular Hbond substituents is 1. The lowest BCUT2D eigenvalue weighted by atomic mass is 10.1. The van der Waals surface area contributed by atoms with Crippen molar-refractivity contribution in [3.05, 3.63) is 53.3 Å². The summed E-state index contributed by atoms with van der Waals surface area (Å²) in [4.78, 5) is 12.3. The Morgan fingerprint density at radius 2 is 1.78 bits per heavy atom. The number of fused-ring (bicyclic) bond motifs is 1. The maximum atomic E-state index is 11.8. The van der Waals surface area contributed by atoms with Crippen molar-refractivity contribution < 1.29 is 34.1 Å². The second kappa shape index (κ2) is 10.8. The zero-order valence-corrected chi connectivity index (χ0v) is 20.8. The van der Waals surface area contributed by atoms with Crippen LogP contribution in [-0.2, 0) is 19.5 Å². The van der Waals surface area contributed by atoms with Gasteiger partial charge in [0, 0.05) is 21.7 Å². The highest BCUT2D eigenvalue weighted by atomic mass is 35.5. The smallest absolute Gasteiger partial charge is 0.296 e. The van der Waals surface area contributed by atoms with Crippen LogP contribution >= 0.6 is 23.6 Å². The standard InChI is InChI=1S/C20H16ClN7O7S2/c1-9-6-11(3-5-14(9)36-35-34-30)23-19-25-18(21)26-20(27-19)24-12-2-4-13-10(7-12)8-15(37(31,32)33)16(28-22)17(13)29/h2-8,22,29-30H,1H3,(H,31,32,33)(H2,23,24,25,26,27)/i/hD. The van der Waals surface area contributed by atoms with Crippen molar-refractivity contribution >= 4 is 73.5 Å². The highest BCUT2D eigenvalue weighted by Gasteiger charge is 2.22. The fourth-order valence-electron chi connectivity index (χ4n) is 3.32. The third kappa shape index (κ3) is 6.03. The fourth-order valence-corrected chi connectivity index (χ4v) is 4.55. The number of halogens is 1. The van der Waals surface area contributed by atoms with Crippen LogP contribution in [0.25, 0.3) is 10.8 Å². The van der Waals surface area contributed by atoms with Crippen LogP contribution in [0.1, 0.15) is 5.56 Å². The number of aromatic hydroxyl groups is 1. The van der Waals surface area contributed by atoms with Gasteiger partial charge < -0.3 is 15.7 Å². The maximum absolute atomic E-state index is 11.8. The first-order valence-corrected chi connectivity index (χ1v) is 12.5. The molecule has 17 heteroatoms. The Morgan fingerprint density at radius 3 is 2.41 bits per heavy atom. The summed E-state index contributed by atoms with van der Waals surface area (Å²) in [6.07, 6.45) is 0. The van der Waals surface area contributed by atoms with Crippen LogP contribution in [0.4, 0.5) is 29.0 Å². The van der Waals surface area contributed by atoms with Crippen molar-refractivity contribution in [1.82, 2.24) is 15.0 Å². The molecule has 1 heterocycles. The van der Waals surface area contributed by atoms with Crippen molar-refractivity contribution in [1.29, 1.82) is 5.52 Å². The van der Waals surface area contributed by atoms with Crippen LogP contribution in [0, 0.1) is 12.4 Å². The van der Waals surface area contributed by atoms with Gasteiger partial charge in [0.05, 0.1) is 12.0 Å². The molecule has 0 fully saturated rings. The van der Waals surface area contributed by atoms with Crippen LogP contribution in [0.15, 0.2) is 57.4 Å². The molecule has 0 bridgehead atoms. The van der Waals surface area contributed by atoms with E-state index in [0.29, 0.717) is 16.3 Å². The molecule has 0 unspecified atom stereocenters. The lowest BCUT2D eigenvalue weighted by molar-refractivity contribution is -0.432. The summed E-state index contributed by atoms with van der Waals surface area (Å²) in [7, 11) is -4.79. The van der Waals surface area contributed by atoms with Crippen LogP contribution in [-0.4, -0.2) is 38.3 Å². The number of rotatable bonds is 9. The summed E-state index contributed by atoms with van der Waals surface area (Å²) in [5.74, 6) is -0.426. The lowest BCUT2D eigenvalue weighted by Crippen LogP contribution is -2.04. The third-order valence-corrected chi connectivity index (χ3v) is 6.68. The van der Waals surface area contributed by atoms with Gasteiger partial charge >= 0.3 is 0 Å². The molecular formula is C20H16ClN7O7S2. The number of benzene rings is 3. The monoisotopic (exact) mass is 566 g/mol. The summed E-state index contributed by atoms with van der Waals surface area (Å²) in [5, 5.41) is 31.9. The number of hydrogen-bond donors (Lipinski definition) is 6. The van der Waals surface area contributed by atoms with Gasteiger partial charge in [0.25, 0.3) is 10.1 Å². The van der Waals surface area contributed by atoms with Gasteiger partial charge in [0.2, 0.25) is 18.6 Å². The van der Waals surface area contributed by atoms with Crippen LogP contribution in [0.3, 0.4) is 0 Å². The molecule has 0 amide bonds. The van der Waals surface area contributed by atoms with Crippen molar-refractivity contribution in [3.8, 4) is 5.75 Å². The molecule has 0 atom stereocenters. The highest BCUT2D eigenvalue weighted by molar-refractivity contribution is 7.94. The Balaban J connectivity index is 1.63. The highest BCUT2D eigenvalue weighted by Crippen LogP contribution is 2.41. The molecule has 1 aromatic heterocycles. The summed E-state index contributed by atoms with van der Waals surface area (Å²) in [6, 6.07) is 10.7. The predicted molar refractivity (Wildman–Crippen MR) is 133 cm³/mol. The molecule has 0 aliphatic heterocycles. The number of aromatic nitrogens is 3. The topological polar surface area (TPSA) is 212 Å². The van der Waals surface area contributed by atoms with E-state index < -0.39 is 26.5 Å². The van der Waals surface area contributed by atoms with E-state index in [1.54, 1.807) is 24.3 Å². The molecule has 4 rings (SSSR count).